The zero-order chi connectivity index (χ0) is 21.1. The number of pyridine rings is 1. The lowest BCUT2D eigenvalue weighted by Gasteiger charge is -2.43. The van der Waals surface area contributed by atoms with Gasteiger partial charge in [-0.15, -0.1) is 0 Å². The van der Waals surface area contributed by atoms with Crippen LogP contribution in [0, 0.1) is 5.92 Å². The van der Waals surface area contributed by atoms with Crippen LogP contribution in [0.4, 0.5) is 0 Å². The molecule has 2 aliphatic heterocycles. The molecule has 2 N–H and O–H groups in total. The molecule has 0 aliphatic carbocycles. The predicted octanol–water partition coefficient (Wildman–Crippen LogP) is 0.964. The fourth-order valence-corrected chi connectivity index (χ4v) is 4.87. The number of aromatic amines is 1. The number of amides is 1. The number of hydrogen-bond donors (Lipinski definition) is 2. The van der Waals surface area contributed by atoms with Crippen molar-refractivity contribution in [2.75, 3.05) is 33.3 Å². The van der Waals surface area contributed by atoms with Crippen LogP contribution >= 0.6 is 0 Å². The van der Waals surface area contributed by atoms with Crippen LogP contribution < -0.4 is 5.56 Å². The molecule has 1 saturated heterocycles. The first-order valence-electron chi connectivity index (χ1n) is 10.8. The van der Waals surface area contributed by atoms with Gasteiger partial charge < -0.3 is 14.6 Å². The van der Waals surface area contributed by atoms with Crippen LogP contribution in [0.1, 0.15) is 42.0 Å². The second-order valence-corrected chi connectivity index (χ2v) is 8.72. The molecule has 2 aromatic heterocycles. The van der Waals surface area contributed by atoms with Gasteiger partial charge in [0.15, 0.2) is 0 Å². The minimum absolute atomic E-state index is 0.0758. The molecule has 2 aliphatic rings. The van der Waals surface area contributed by atoms with E-state index in [9.17, 15) is 9.59 Å². The molecule has 1 amide bonds. The molecular weight excluding hydrogens is 382 g/mol. The van der Waals surface area contributed by atoms with Crippen LogP contribution in [-0.4, -0.2) is 68.9 Å². The van der Waals surface area contributed by atoms with Gasteiger partial charge in [0.2, 0.25) is 5.91 Å². The van der Waals surface area contributed by atoms with Gasteiger partial charge in [0.1, 0.15) is 0 Å². The topological polar surface area (TPSA) is 94.5 Å². The summed E-state index contributed by atoms with van der Waals surface area (Å²) in [4.78, 5) is 29.8. The van der Waals surface area contributed by atoms with E-state index in [1.165, 1.54) is 0 Å². The third-order valence-electron chi connectivity index (χ3n) is 6.37. The lowest BCUT2D eigenvalue weighted by atomic mass is 9.82. The number of rotatable bonds is 8. The van der Waals surface area contributed by atoms with E-state index in [0.717, 1.165) is 42.6 Å². The van der Waals surface area contributed by atoms with Crippen LogP contribution in [0.3, 0.4) is 0 Å². The van der Waals surface area contributed by atoms with Gasteiger partial charge >= 0.3 is 0 Å². The average Bonchev–Trinajstić information content (AvgIpc) is 3.24. The molecule has 30 heavy (non-hydrogen) atoms. The maximum absolute atomic E-state index is 13.0. The second kappa shape index (κ2) is 9.14. The summed E-state index contributed by atoms with van der Waals surface area (Å²) in [5.41, 5.74) is 3.03. The van der Waals surface area contributed by atoms with E-state index in [4.69, 9.17) is 5.11 Å². The van der Waals surface area contributed by atoms with Crippen molar-refractivity contribution in [1.29, 1.82) is 0 Å². The summed E-state index contributed by atoms with van der Waals surface area (Å²) in [5, 5.41) is 15.8. The molecule has 0 unspecified atom stereocenters. The molecule has 2 bridgehead atoms. The number of nitrogens with zero attached hydrogens (tertiary/aromatic N) is 4. The highest BCUT2D eigenvalue weighted by atomic mass is 16.3. The highest BCUT2D eigenvalue weighted by Crippen LogP contribution is 2.35. The fraction of sp³-hybridized carbons (Fsp3) is 0.591. The SMILES string of the molecule is CN(CCO)Cc1ccc2n(c1=O)C[C@H]1C[C@@H]2CN(C(=O)CCCc2cn[nH]c2)C1. The molecule has 0 spiro atoms. The van der Waals surface area contributed by atoms with Crippen molar-refractivity contribution in [3.8, 4) is 0 Å². The largest absolute Gasteiger partial charge is 0.395 e. The molecule has 0 saturated carbocycles. The van der Waals surface area contributed by atoms with Crippen molar-refractivity contribution in [2.45, 2.75) is 44.7 Å². The molecule has 1 fully saturated rings. The summed E-state index contributed by atoms with van der Waals surface area (Å²) in [6, 6.07) is 3.99. The van der Waals surface area contributed by atoms with E-state index in [0.29, 0.717) is 38.5 Å². The molecule has 162 valence electrons. The Bertz CT molecular complexity index is 923. The number of likely N-dealkylation sites (tertiary alicyclic amines) is 1. The normalized spacial score (nSPS) is 20.4. The monoisotopic (exact) mass is 413 g/mol. The summed E-state index contributed by atoms with van der Waals surface area (Å²) in [7, 11) is 1.91. The summed E-state index contributed by atoms with van der Waals surface area (Å²) in [6.45, 7) is 3.28. The third kappa shape index (κ3) is 4.49. The molecule has 0 aromatic carbocycles. The lowest BCUT2D eigenvalue weighted by molar-refractivity contribution is -0.134. The van der Waals surface area contributed by atoms with Gasteiger partial charge in [-0.05, 0) is 43.9 Å². The number of H-pyrrole nitrogens is 1. The Kier molecular flexibility index (Phi) is 6.34. The summed E-state index contributed by atoms with van der Waals surface area (Å²) < 4.78 is 1.93. The number of carbonyl (C=O) groups excluding carboxylic acids is 1. The Morgan fingerprint density at radius 2 is 2.20 bits per heavy atom. The first-order valence-corrected chi connectivity index (χ1v) is 10.8. The van der Waals surface area contributed by atoms with E-state index in [2.05, 4.69) is 16.3 Å². The van der Waals surface area contributed by atoms with E-state index >= 15 is 0 Å². The minimum Gasteiger partial charge on any atom is -0.395 e. The molecule has 2 atom stereocenters. The summed E-state index contributed by atoms with van der Waals surface area (Å²) in [6.07, 6.45) is 6.95. The number of piperidine rings is 1. The Hall–Kier alpha value is -2.45. The Labute approximate surface area is 176 Å². The zero-order valence-corrected chi connectivity index (χ0v) is 17.6. The van der Waals surface area contributed by atoms with Crippen LogP contribution in [0.2, 0.25) is 0 Å². The highest BCUT2D eigenvalue weighted by molar-refractivity contribution is 5.76. The van der Waals surface area contributed by atoms with E-state index in [-0.39, 0.29) is 24.0 Å². The molecule has 8 nitrogen and oxygen atoms in total. The minimum atomic E-state index is 0.0758. The Morgan fingerprint density at radius 1 is 1.33 bits per heavy atom. The Balaban J connectivity index is 1.41. The van der Waals surface area contributed by atoms with Crippen LogP contribution in [0.5, 0.6) is 0 Å². The van der Waals surface area contributed by atoms with Crippen molar-refractivity contribution in [3.05, 3.63) is 51.7 Å². The van der Waals surface area contributed by atoms with Gasteiger partial charge in [-0.25, -0.2) is 0 Å². The maximum Gasteiger partial charge on any atom is 0.255 e. The number of nitrogens with one attached hydrogen (secondary N) is 1. The summed E-state index contributed by atoms with van der Waals surface area (Å²) in [5.74, 6) is 0.774. The smallest absolute Gasteiger partial charge is 0.255 e. The molecule has 4 heterocycles. The van der Waals surface area contributed by atoms with Gasteiger partial charge in [0.05, 0.1) is 12.8 Å². The van der Waals surface area contributed by atoms with E-state index in [1.54, 1.807) is 6.20 Å². The van der Waals surface area contributed by atoms with Gasteiger partial charge in [0, 0.05) is 62.5 Å². The van der Waals surface area contributed by atoms with E-state index < -0.39 is 0 Å². The second-order valence-electron chi connectivity index (χ2n) is 8.72. The number of fused-ring (bicyclic) bond motifs is 4. The molecule has 4 rings (SSSR count). The number of hydrogen-bond acceptors (Lipinski definition) is 5. The van der Waals surface area contributed by atoms with Crippen LogP contribution in [-0.2, 0) is 24.3 Å². The number of aryl methyl sites for hydroxylation is 1. The fourth-order valence-electron chi connectivity index (χ4n) is 4.87. The number of aliphatic hydroxyl groups is 1. The van der Waals surface area contributed by atoms with Gasteiger partial charge in [0.25, 0.3) is 5.56 Å². The number of aliphatic hydroxyl groups excluding tert-OH is 1. The van der Waals surface area contributed by atoms with Gasteiger partial charge in [-0.2, -0.15) is 5.10 Å². The van der Waals surface area contributed by atoms with Crippen molar-refractivity contribution in [3.63, 3.8) is 0 Å². The van der Waals surface area contributed by atoms with Crippen molar-refractivity contribution in [2.24, 2.45) is 5.92 Å². The number of carbonyl (C=O) groups is 1. The van der Waals surface area contributed by atoms with Crippen LogP contribution in [0.25, 0.3) is 0 Å². The van der Waals surface area contributed by atoms with Crippen LogP contribution in [0.15, 0.2) is 29.3 Å². The lowest BCUT2D eigenvalue weighted by Crippen LogP contribution is -2.49. The first-order chi connectivity index (χ1) is 14.5. The third-order valence-corrected chi connectivity index (χ3v) is 6.37. The van der Waals surface area contributed by atoms with Gasteiger partial charge in [-0.3, -0.25) is 19.6 Å². The van der Waals surface area contributed by atoms with Crippen molar-refractivity contribution in [1.82, 2.24) is 24.6 Å². The average molecular weight is 414 g/mol. The Morgan fingerprint density at radius 3 is 2.97 bits per heavy atom. The summed E-state index contributed by atoms with van der Waals surface area (Å²) >= 11 is 0. The predicted molar refractivity (Wildman–Crippen MR) is 113 cm³/mol. The van der Waals surface area contributed by atoms with Crippen molar-refractivity contribution >= 4 is 5.91 Å². The molecular formula is C22H31N5O3. The maximum atomic E-state index is 13.0. The number of aromatic nitrogens is 3. The molecule has 2 aromatic rings. The number of likely N-dealkylation sites (N-methyl/N-ethyl adjacent to an activating group) is 1. The molecule has 0 radical (unpaired) electrons. The molecule has 8 heteroatoms. The van der Waals surface area contributed by atoms with Gasteiger partial charge in [-0.1, -0.05) is 6.07 Å². The quantitative estimate of drug-likeness (QED) is 0.672. The zero-order valence-electron chi connectivity index (χ0n) is 17.6. The standard InChI is InChI=1S/C22H31N5O3/c1-25(7-8-28)14-18-5-6-20-19-9-17(13-27(20)22(18)30)12-26(15-19)21(29)4-2-3-16-10-23-24-11-16/h5-6,10-11,17,19,28H,2-4,7-9,12-15H2,1H3,(H,23,24)/t17-,19+/m0/s1. The van der Waals surface area contributed by atoms with Crippen molar-refractivity contribution < 1.29 is 9.90 Å². The highest BCUT2D eigenvalue weighted by Gasteiger charge is 2.36. The van der Waals surface area contributed by atoms with E-state index in [1.807, 2.05) is 33.7 Å². The first kappa shape index (κ1) is 20.8.